The zero-order valence-corrected chi connectivity index (χ0v) is 27.8. The molecule has 42 heavy (non-hydrogen) atoms. The van der Waals surface area contributed by atoms with E-state index in [1.807, 2.05) is 0 Å². The van der Waals surface area contributed by atoms with Gasteiger partial charge >= 0.3 is 5.97 Å². The van der Waals surface area contributed by atoms with Crippen molar-refractivity contribution in [3.63, 3.8) is 0 Å². The third kappa shape index (κ3) is 32.9. The van der Waals surface area contributed by atoms with Gasteiger partial charge in [0, 0.05) is 13.0 Å². The largest absolute Gasteiger partial charge is 0.457 e. The van der Waals surface area contributed by atoms with Gasteiger partial charge in [-0.3, -0.25) is 4.79 Å². The van der Waals surface area contributed by atoms with Crippen molar-refractivity contribution < 1.29 is 19.4 Å². The van der Waals surface area contributed by atoms with Gasteiger partial charge in [-0.1, -0.05) is 152 Å². The zero-order valence-electron chi connectivity index (χ0n) is 27.8. The molecule has 0 aromatic rings. The van der Waals surface area contributed by atoms with Crippen molar-refractivity contribution >= 4 is 5.97 Å². The van der Waals surface area contributed by atoms with Gasteiger partial charge in [-0.05, 0) is 51.4 Å². The van der Waals surface area contributed by atoms with Gasteiger partial charge in [0.1, 0.15) is 6.10 Å². The number of aliphatic hydroxyl groups excluding tert-OH is 1. The second-order valence-corrected chi connectivity index (χ2v) is 11.6. The van der Waals surface area contributed by atoms with Crippen LogP contribution in [-0.4, -0.2) is 37.0 Å². The average Bonchev–Trinajstić information content (AvgIpc) is 3.00. The summed E-state index contributed by atoms with van der Waals surface area (Å²) in [7, 11) is 0. The zero-order chi connectivity index (χ0) is 30.6. The topological polar surface area (TPSA) is 55.8 Å². The SMILES string of the molecule is CC/C=C\C/C=C\C/C=C\C/C=C\CCCCCCCCCCCCCCCOCC(CO)OC(=O)CCCCCC. The molecular formula is C38H68O4. The van der Waals surface area contributed by atoms with E-state index in [0.717, 1.165) is 57.8 Å². The van der Waals surface area contributed by atoms with Crippen LogP contribution in [0.5, 0.6) is 0 Å². The minimum Gasteiger partial charge on any atom is -0.457 e. The molecule has 0 heterocycles. The van der Waals surface area contributed by atoms with Crippen molar-refractivity contribution in [1.82, 2.24) is 0 Å². The fourth-order valence-electron chi connectivity index (χ4n) is 4.79. The van der Waals surface area contributed by atoms with Crippen LogP contribution in [-0.2, 0) is 14.3 Å². The lowest BCUT2D eigenvalue weighted by Crippen LogP contribution is -2.27. The maximum absolute atomic E-state index is 11.8. The van der Waals surface area contributed by atoms with Gasteiger partial charge in [0.05, 0.1) is 13.2 Å². The lowest BCUT2D eigenvalue weighted by Gasteiger charge is -2.15. The molecule has 0 amide bonds. The Morgan fingerprint density at radius 2 is 1.07 bits per heavy atom. The summed E-state index contributed by atoms with van der Waals surface area (Å²) in [6, 6.07) is 0. The molecule has 0 bridgehead atoms. The number of hydrogen-bond donors (Lipinski definition) is 1. The maximum atomic E-state index is 11.8. The first-order chi connectivity index (χ1) is 20.7. The molecule has 0 saturated carbocycles. The quantitative estimate of drug-likeness (QED) is 0.0482. The van der Waals surface area contributed by atoms with E-state index in [-0.39, 0.29) is 12.6 Å². The maximum Gasteiger partial charge on any atom is 0.306 e. The number of ether oxygens (including phenoxy) is 2. The Balaban J connectivity index is 3.35. The van der Waals surface area contributed by atoms with Crippen LogP contribution in [0.2, 0.25) is 0 Å². The Kier molecular flexibility index (Phi) is 34.1. The molecule has 0 saturated heterocycles. The number of rotatable bonds is 32. The Morgan fingerprint density at radius 3 is 1.60 bits per heavy atom. The standard InChI is InChI=1S/C38H68O4/c1-3-5-7-9-10-11-12-13-14-15-16-17-18-19-20-21-22-23-24-25-26-27-28-29-30-32-34-41-36-37(35-39)42-38(40)33-31-8-6-4-2/h5,7,10-11,13-14,16-17,37,39H,3-4,6,8-9,12,15,18-36H2,1-2H3/b7-5-,11-10-,14-13-,17-16-. The first kappa shape index (κ1) is 40.4. The summed E-state index contributed by atoms with van der Waals surface area (Å²) in [5.74, 6) is -0.220. The molecule has 0 aromatic carbocycles. The number of hydrogen-bond acceptors (Lipinski definition) is 4. The highest BCUT2D eigenvalue weighted by Crippen LogP contribution is 2.13. The summed E-state index contributed by atoms with van der Waals surface area (Å²) < 4.78 is 11.0. The van der Waals surface area contributed by atoms with E-state index in [9.17, 15) is 9.90 Å². The Bertz CT molecular complexity index is 664. The van der Waals surface area contributed by atoms with Gasteiger partial charge in [-0.15, -0.1) is 0 Å². The minimum atomic E-state index is -0.528. The van der Waals surface area contributed by atoms with Crippen LogP contribution in [0.1, 0.15) is 162 Å². The van der Waals surface area contributed by atoms with Crippen LogP contribution in [0.3, 0.4) is 0 Å². The highest BCUT2D eigenvalue weighted by Gasteiger charge is 2.13. The number of unbranched alkanes of at least 4 members (excludes halogenated alkanes) is 16. The summed E-state index contributed by atoms with van der Waals surface area (Å²) in [5, 5.41) is 9.42. The summed E-state index contributed by atoms with van der Waals surface area (Å²) in [5.41, 5.74) is 0. The predicted octanol–water partition coefficient (Wildman–Crippen LogP) is 11.1. The normalized spacial score (nSPS) is 12.9. The van der Waals surface area contributed by atoms with Gasteiger partial charge < -0.3 is 14.6 Å². The number of allylic oxidation sites excluding steroid dienone is 8. The van der Waals surface area contributed by atoms with E-state index < -0.39 is 6.10 Å². The van der Waals surface area contributed by atoms with E-state index in [0.29, 0.717) is 19.6 Å². The lowest BCUT2D eigenvalue weighted by molar-refractivity contribution is -0.154. The first-order valence-electron chi connectivity index (χ1n) is 17.7. The van der Waals surface area contributed by atoms with E-state index in [2.05, 4.69) is 62.5 Å². The lowest BCUT2D eigenvalue weighted by atomic mass is 10.0. The summed E-state index contributed by atoms with van der Waals surface area (Å²) in [4.78, 5) is 11.8. The third-order valence-electron chi connectivity index (χ3n) is 7.42. The molecule has 244 valence electrons. The van der Waals surface area contributed by atoms with E-state index >= 15 is 0 Å². The smallest absolute Gasteiger partial charge is 0.306 e. The Morgan fingerprint density at radius 1 is 0.595 bits per heavy atom. The number of aliphatic hydroxyl groups is 1. The van der Waals surface area contributed by atoms with Crippen LogP contribution in [0.15, 0.2) is 48.6 Å². The Labute approximate surface area is 261 Å². The molecule has 0 aromatic heterocycles. The fraction of sp³-hybridized carbons (Fsp3) is 0.763. The Hall–Kier alpha value is -1.65. The van der Waals surface area contributed by atoms with Crippen molar-refractivity contribution in [2.45, 2.75) is 168 Å². The third-order valence-corrected chi connectivity index (χ3v) is 7.42. The molecule has 0 aliphatic rings. The van der Waals surface area contributed by atoms with Crippen LogP contribution >= 0.6 is 0 Å². The van der Waals surface area contributed by atoms with E-state index in [1.165, 1.54) is 83.5 Å². The molecule has 0 fully saturated rings. The molecule has 1 unspecified atom stereocenters. The summed E-state index contributed by atoms with van der Waals surface area (Å²) in [6.07, 6.45) is 44.9. The average molecular weight is 589 g/mol. The fourth-order valence-corrected chi connectivity index (χ4v) is 4.79. The van der Waals surface area contributed by atoms with E-state index in [4.69, 9.17) is 9.47 Å². The molecular weight excluding hydrogens is 520 g/mol. The van der Waals surface area contributed by atoms with Crippen LogP contribution in [0, 0.1) is 0 Å². The first-order valence-corrected chi connectivity index (χ1v) is 17.7. The van der Waals surface area contributed by atoms with Crippen molar-refractivity contribution in [2.75, 3.05) is 19.8 Å². The summed E-state index contributed by atoms with van der Waals surface area (Å²) in [6.45, 7) is 5.11. The predicted molar refractivity (Wildman–Crippen MR) is 182 cm³/mol. The molecule has 0 aliphatic heterocycles. The number of esters is 1. The molecule has 0 radical (unpaired) electrons. The van der Waals surface area contributed by atoms with Crippen molar-refractivity contribution in [1.29, 1.82) is 0 Å². The van der Waals surface area contributed by atoms with Gasteiger partial charge in [0.25, 0.3) is 0 Å². The number of carbonyl (C=O) groups is 1. The minimum absolute atomic E-state index is 0.173. The highest BCUT2D eigenvalue weighted by molar-refractivity contribution is 5.69. The molecule has 1 N–H and O–H groups in total. The van der Waals surface area contributed by atoms with Crippen LogP contribution < -0.4 is 0 Å². The van der Waals surface area contributed by atoms with Crippen molar-refractivity contribution in [3.8, 4) is 0 Å². The van der Waals surface area contributed by atoms with Crippen LogP contribution in [0.25, 0.3) is 0 Å². The second kappa shape index (κ2) is 35.5. The van der Waals surface area contributed by atoms with Gasteiger partial charge in [-0.2, -0.15) is 0 Å². The molecule has 0 spiro atoms. The molecule has 4 nitrogen and oxygen atoms in total. The van der Waals surface area contributed by atoms with Crippen molar-refractivity contribution in [2.24, 2.45) is 0 Å². The molecule has 0 rings (SSSR count). The van der Waals surface area contributed by atoms with Gasteiger partial charge in [0.2, 0.25) is 0 Å². The highest BCUT2D eigenvalue weighted by atomic mass is 16.6. The second-order valence-electron chi connectivity index (χ2n) is 11.6. The molecule has 1 atom stereocenters. The summed E-state index contributed by atoms with van der Waals surface area (Å²) >= 11 is 0. The van der Waals surface area contributed by atoms with Gasteiger partial charge in [-0.25, -0.2) is 0 Å². The van der Waals surface area contributed by atoms with E-state index in [1.54, 1.807) is 0 Å². The van der Waals surface area contributed by atoms with Crippen LogP contribution in [0.4, 0.5) is 0 Å². The molecule has 0 aliphatic carbocycles. The van der Waals surface area contributed by atoms with Gasteiger partial charge in [0.15, 0.2) is 0 Å². The molecule has 4 heteroatoms. The number of carbonyl (C=O) groups excluding carboxylic acids is 1. The monoisotopic (exact) mass is 589 g/mol. The van der Waals surface area contributed by atoms with Crippen molar-refractivity contribution in [3.05, 3.63) is 48.6 Å².